The zero-order valence-electron chi connectivity index (χ0n) is 16.2. The molecule has 4 rings (SSSR count). The van der Waals surface area contributed by atoms with Crippen LogP contribution in [-0.4, -0.2) is 25.6 Å². The van der Waals surface area contributed by atoms with Crippen molar-refractivity contribution in [3.8, 4) is 11.6 Å². The molecule has 9 heteroatoms. The molecule has 0 aliphatic carbocycles. The summed E-state index contributed by atoms with van der Waals surface area (Å²) in [7, 11) is 0. The summed E-state index contributed by atoms with van der Waals surface area (Å²) >= 11 is 0. The van der Waals surface area contributed by atoms with Gasteiger partial charge in [-0.25, -0.2) is 0 Å². The number of nitrogens with zero attached hydrogens (tertiary/aromatic N) is 4. The van der Waals surface area contributed by atoms with Crippen LogP contribution in [-0.2, 0) is 17.8 Å². The Bertz CT molecular complexity index is 1230. The van der Waals surface area contributed by atoms with E-state index in [0.29, 0.717) is 29.6 Å². The van der Waals surface area contributed by atoms with Crippen molar-refractivity contribution in [3.63, 3.8) is 0 Å². The van der Waals surface area contributed by atoms with Crippen LogP contribution < -0.4 is 5.32 Å². The van der Waals surface area contributed by atoms with Gasteiger partial charge in [0, 0.05) is 35.1 Å². The number of anilines is 1. The Morgan fingerprint density at radius 2 is 2.00 bits per heavy atom. The second-order valence-electron chi connectivity index (χ2n) is 6.78. The van der Waals surface area contributed by atoms with Crippen LogP contribution in [0.2, 0.25) is 0 Å². The molecule has 0 bridgehead atoms. The molecule has 0 radical (unpaired) electrons. The van der Waals surface area contributed by atoms with Crippen LogP contribution in [0.4, 0.5) is 11.4 Å². The van der Waals surface area contributed by atoms with E-state index in [-0.39, 0.29) is 18.1 Å². The lowest BCUT2D eigenvalue weighted by Crippen LogP contribution is -2.19. The number of nitro benzene ring substituents is 1. The molecule has 152 valence electrons. The fourth-order valence-corrected chi connectivity index (χ4v) is 3.27. The molecule has 0 aliphatic rings. The smallest absolute Gasteiger partial charge is 0.271 e. The quantitative estimate of drug-likeness (QED) is 0.364. The molecule has 30 heavy (non-hydrogen) atoms. The van der Waals surface area contributed by atoms with Gasteiger partial charge in [-0.05, 0) is 24.6 Å². The van der Waals surface area contributed by atoms with Gasteiger partial charge in [-0.15, -0.1) is 10.2 Å². The SMILES string of the molecule is CCCc1nnc(-c2cc3ccccc3n2CC(=O)Nc2cccc([N+](=O)[O-])c2)o1. The predicted molar refractivity (Wildman–Crippen MR) is 111 cm³/mol. The molecule has 0 fully saturated rings. The predicted octanol–water partition coefficient (Wildman–Crippen LogP) is 4.19. The average molecular weight is 405 g/mol. The fraction of sp³-hybridized carbons (Fsp3) is 0.190. The molecule has 2 aromatic carbocycles. The zero-order valence-corrected chi connectivity index (χ0v) is 16.2. The first-order chi connectivity index (χ1) is 14.5. The van der Waals surface area contributed by atoms with Gasteiger partial charge in [-0.2, -0.15) is 0 Å². The molecule has 0 atom stereocenters. The summed E-state index contributed by atoms with van der Waals surface area (Å²) in [6, 6.07) is 15.4. The highest BCUT2D eigenvalue weighted by molar-refractivity contribution is 5.93. The van der Waals surface area contributed by atoms with E-state index in [1.807, 2.05) is 37.3 Å². The monoisotopic (exact) mass is 405 g/mol. The van der Waals surface area contributed by atoms with E-state index in [4.69, 9.17) is 4.42 Å². The Labute approximate surface area is 171 Å². The number of para-hydroxylation sites is 1. The summed E-state index contributed by atoms with van der Waals surface area (Å²) in [5.74, 6) is 0.564. The number of carbonyl (C=O) groups is 1. The van der Waals surface area contributed by atoms with Crippen LogP contribution >= 0.6 is 0 Å². The van der Waals surface area contributed by atoms with Crippen molar-refractivity contribution in [1.29, 1.82) is 0 Å². The van der Waals surface area contributed by atoms with Crippen molar-refractivity contribution >= 4 is 28.2 Å². The zero-order chi connectivity index (χ0) is 21.1. The number of nitro groups is 1. The van der Waals surface area contributed by atoms with Crippen molar-refractivity contribution in [2.45, 2.75) is 26.3 Å². The topological polar surface area (TPSA) is 116 Å². The second kappa shape index (κ2) is 8.16. The Kier molecular flexibility index (Phi) is 5.25. The number of non-ortho nitro benzene ring substituents is 1. The lowest BCUT2D eigenvalue weighted by atomic mass is 10.2. The van der Waals surface area contributed by atoms with Gasteiger partial charge in [0.15, 0.2) is 0 Å². The number of aryl methyl sites for hydroxylation is 1. The third-order valence-electron chi connectivity index (χ3n) is 4.60. The van der Waals surface area contributed by atoms with Gasteiger partial charge in [0.2, 0.25) is 11.8 Å². The van der Waals surface area contributed by atoms with Gasteiger partial charge in [-0.1, -0.05) is 31.2 Å². The Morgan fingerprint density at radius 3 is 2.80 bits per heavy atom. The molecule has 0 saturated carbocycles. The summed E-state index contributed by atoms with van der Waals surface area (Å²) in [5.41, 5.74) is 1.75. The number of fused-ring (bicyclic) bond motifs is 1. The van der Waals surface area contributed by atoms with Crippen LogP contribution in [0.25, 0.3) is 22.5 Å². The number of rotatable bonds is 7. The largest absolute Gasteiger partial charge is 0.419 e. The molecular formula is C21H19N5O4. The Balaban J connectivity index is 1.65. The Hall–Kier alpha value is -4.01. The van der Waals surface area contributed by atoms with Crippen LogP contribution in [0.15, 0.2) is 59.0 Å². The van der Waals surface area contributed by atoms with E-state index in [0.717, 1.165) is 17.3 Å². The molecular weight excluding hydrogens is 386 g/mol. The highest BCUT2D eigenvalue weighted by Crippen LogP contribution is 2.28. The van der Waals surface area contributed by atoms with E-state index in [1.165, 1.54) is 18.2 Å². The van der Waals surface area contributed by atoms with E-state index < -0.39 is 4.92 Å². The average Bonchev–Trinajstić information content (AvgIpc) is 3.33. The summed E-state index contributed by atoms with van der Waals surface area (Å²) < 4.78 is 7.57. The molecule has 0 aliphatic heterocycles. The minimum absolute atomic E-state index is 0.0168. The van der Waals surface area contributed by atoms with Crippen LogP contribution in [0.5, 0.6) is 0 Å². The van der Waals surface area contributed by atoms with Gasteiger partial charge in [-0.3, -0.25) is 14.9 Å². The van der Waals surface area contributed by atoms with Crippen molar-refractivity contribution in [2.24, 2.45) is 0 Å². The highest BCUT2D eigenvalue weighted by atomic mass is 16.6. The molecule has 4 aromatic rings. The standard InChI is InChI=1S/C21H19N5O4/c1-2-6-20-23-24-21(30-20)18-11-14-7-3-4-10-17(14)25(18)13-19(27)22-15-8-5-9-16(12-15)26(28)29/h3-5,7-12H,2,6,13H2,1H3,(H,22,27). The highest BCUT2D eigenvalue weighted by Gasteiger charge is 2.18. The van der Waals surface area contributed by atoms with Crippen molar-refractivity contribution < 1.29 is 14.1 Å². The first-order valence-electron chi connectivity index (χ1n) is 9.50. The van der Waals surface area contributed by atoms with E-state index in [2.05, 4.69) is 15.5 Å². The van der Waals surface area contributed by atoms with E-state index in [9.17, 15) is 14.9 Å². The number of nitrogens with one attached hydrogen (secondary N) is 1. The Morgan fingerprint density at radius 1 is 1.17 bits per heavy atom. The second-order valence-corrected chi connectivity index (χ2v) is 6.78. The summed E-state index contributed by atoms with van der Waals surface area (Å²) in [6.07, 6.45) is 1.57. The third-order valence-corrected chi connectivity index (χ3v) is 4.60. The lowest BCUT2D eigenvalue weighted by Gasteiger charge is -2.10. The minimum atomic E-state index is -0.503. The first-order valence-corrected chi connectivity index (χ1v) is 9.50. The molecule has 0 spiro atoms. The number of amides is 1. The van der Waals surface area contributed by atoms with Gasteiger partial charge in [0.05, 0.1) is 4.92 Å². The fourth-order valence-electron chi connectivity index (χ4n) is 3.27. The van der Waals surface area contributed by atoms with E-state index >= 15 is 0 Å². The molecule has 0 unspecified atom stereocenters. The number of hydrogen-bond donors (Lipinski definition) is 1. The summed E-state index contributed by atoms with van der Waals surface area (Å²) in [6.45, 7) is 2.01. The number of benzene rings is 2. The van der Waals surface area contributed by atoms with Gasteiger partial charge in [0.1, 0.15) is 12.2 Å². The summed E-state index contributed by atoms with van der Waals surface area (Å²) in [5, 5.41) is 22.8. The maximum atomic E-state index is 12.7. The molecule has 0 saturated heterocycles. The number of carbonyl (C=O) groups excluding carboxylic acids is 1. The molecule has 9 nitrogen and oxygen atoms in total. The maximum absolute atomic E-state index is 12.7. The molecule has 1 amide bonds. The van der Waals surface area contributed by atoms with E-state index in [1.54, 1.807) is 10.6 Å². The molecule has 2 heterocycles. The summed E-state index contributed by atoms with van der Waals surface area (Å²) in [4.78, 5) is 23.2. The normalized spacial score (nSPS) is 11.0. The minimum Gasteiger partial charge on any atom is -0.419 e. The molecule has 1 N–H and O–H groups in total. The van der Waals surface area contributed by atoms with Crippen LogP contribution in [0, 0.1) is 10.1 Å². The van der Waals surface area contributed by atoms with Gasteiger partial charge in [0.25, 0.3) is 11.6 Å². The third kappa shape index (κ3) is 3.90. The lowest BCUT2D eigenvalue weighted by molar-refractivity contribution is -0.384. The van der Waals surface area contributed by atoms with Gasteiger partial charge >= 0.3 is 0 Å². The van der Waals surface area contributed by atoms with Crippen molar-refractivity contribution in [2.75, 3.05) is 5.32 Å². The number of hydrogen-bond acceptors (Lipinski definition) is 6. The molecule has 2 aromatic heterocycles. The van der Waals surface area contributed by atoms with Crippen LogP contribution in [0.1, 0.15) is 19.2 Å². The first kappa shape index (κ1) is 19.3. The van der Waals surface area contributed by atoms with Crippen molar-refractivity contribution in [1.82, 2.24) is 14.8 Å². The van der Waals surface area contributed by atoms with Crippen LogP contribution in [0.3, 0.4) is 0 Å². The van der Waals surface area contributed by atoms with Crippen molar-refractivity contribution in [3.05, 3.63) is 70.6 Å². The maximum Gasteiger partial charge on any atom is 0.271 e. The number of aromatic nitrogens is 3. The van der Waals surface area contributed by atoms with Gasteiger partial charge < -0.3 is 14.3 Å².